The molecule has 0 N–H and O–H groups in total. The van der Waals surface area contributed by atoms with Gasteiger partial charge in [0, 0.05) is 5.56 Å². The molecule has 21 heavy (non-hydrogen) atoms. The van der Waals surface area contributed by atoms with Crippen molar-refractivity contribution in [3.8, 4) is 0 Å². The van der Waals surface area contributed by atoms with Crippen molar-refractivity contribution in [2.24, 2.45) is 0 Å². The van der Waals surface area contributed by atoms with Crippen LogP contribution in [0.1, 0.15) is 10.4 Å². The van der Waals surface area contributed by atoms with Crippen molar-refractivity contribution >= 4 is 5.78 Å². The molecule has 0 fully saturated rings. The quantitative estimate of drug-likeness (QED) is 0.459. The predicted octanol–water partition coefficient (Wildman–Crippen LogP) is 3.35. The fourth-order valence-electron chi connectivity index (χ4n) is 1.28. The molecule has 0 radical (unpaired) electrons. The number of carbonyl (C=O) groups excluding carboxylic acids is 1. The maximum Gasteiger partial charge on any atom is 0.411 e. The van der Waals surface area contributed by atoms with Gasteiger partial charge < -0.3 is 9.47 Å². The van der Waals surface area contributed by atoms with Crippen LogP contribution in [-0.2, 0) is 9.47 Å². The highest BCUT2D eigenvalue weighted by molar-refractivity contribution is 5.98. The zero-order chi connectivity index (χ0) is 16.1. The second kappa shape index (κ2) is 6.90. The molecule has 0 aromatic heterocycles. The van der Waals surface area contributed by atoms with Gasteiger partial charge in [0.15, 0.2) is 0 Å². The number of alkyl halides is 6. The molecule has 0 atom stereocenters. The smallest absolute Gasteiger partial charge is 0.336 e. The molecular weight excluding hydrogens is 306 g/mol. The Morgan fingerprint density at radius 2 is 1.33 bits per heavy atom. The Hall–Kier alpha value is -1.61. The second-order valence-electron chi connectivity index (χ2n) is 3.91. The van der Waals surface area contributed by atoms with E-state index in [9.17, 15) is 31.1 Å². The highest BCUT2D eigenvalue weighted by Crippen LogP contribution is 2.20. The molecule has 0 spiro atoms. The highest BCUT2D eigenvalue weighted by atomic mass is 19.4. The number of ketones is 1. The largest absolute Gasteiger partial charge is 0.411 e. The maximum absolute atomic E-state index is 12.0. The minimum Gasteiger partial charge on any atom is -0.336 e. The molecule has 9 heteroatoms. The fourth-order valence-corrected chi connectivity index (χ4v) is 1.28. The SMILES string of the molecule is O=C(c1ccccc1)C(OCC(F)(F)F)OCC(F)(F)F. The molecule has 0 heterocycles. The summed E-state index contributed by atoms with van der Waals surface area (Å²) in [5.74, 6) is -1.12. The summed E-state index contributed by atoms with van der Waals surface area (Å²) in [4.78, 5) is 11.8. The Morgan fingerprint density at radius 1 is 0.905 bits per heavy atom. The van der Waals surface area contributed by atoms with Crippen molar-refractivity contribution in [2.45, 2.75) is 18.6 Å². The van der Waals surface area contributed by atoms with Gasteiger partial charge in [-0.2, -0.15) is 26.3 Å². The zero-order valence-corrected chi connectivity index (χ0v) is 10.4. The normalized spacial score (nSPS) is 12.7. The predicted molar refractivity (Wildman–Crippen MR) is 58.6 cm³/mol. The number of ether oxygens (including phenoxy) is 2. The number of hydrogen-bond donors (Lipinski definition) is 0. The topological polar surface area (TPSA) is 35.5 Å². The van der Waals surface area contributed by atoms with E-state index < -0.39 is 37.6 Å². The molecule has 1 aromatic rings. The first-order valence-electron chi connectivity index (χ1n) is 5.54. The minimum atomic E-state index is -4.79. The molecule has 0 unspecified atom stereocenters. The summed E-state index contributed by atoms with van der Waals surface area (Å²) in [6, 6.07) is 6.78. The van der Waals surface area contributed by atoms with Crippen LogP contribution in [0, 0.1) is 0 Å². The van der Waals surface area contributed by atoms with Crippen LogP contribution in [0.25, 0.3) is 0 Å². The number of halogens is 6. The molecule has 3 nitrogen and oxygen atoms in total. The van der Waals surface area contributed by atoms with Gasteiger partial charge in [-0.1, -0.05) is 30.3 Å². The molecule has 0 saturated heterocycles. The van der Waals surface area contributed by atoms with E-state index in [0.29, 0.717) is 0 Å². The molecule has 0 aliphatic heterocycles. The standard InChI is InChI=1S/C12H10F6O3/c13-11(14,15)6-20-10(21-7-12(16,17)18)9(19)8-4-2-1-3-5-8/h1-5,10H,6-7H2. The van der Waals surface area contributed by atoms with E-state index in [1.807, 2.05) is 0 Å². The summed E-state index contributed by atoms with van der Waals surface area (Å²) in [5.41, 5.74) is -0.119. The lowest BCUT2D eigenvalue weighted by molar-refractivity contribution is -0.244. The Morgan fingerprint density at radius 3 is 1.71 bits per heavy atom. The van der Waals surface area contributed by atoms with Crippen LogP contribution in [-0.4, -0.2) is 37.6 Å². The number of carbonyl (C=O) groups is 1. The molecule has 0 amide bonds. The van der Waals surface area contributed by atoms with E-state index in [-0.39, 0.29) is 5.56 Å². The summed E-state index contributed by atoms with van der Waals surface area (Å²) in [6.45, 7) is -3.79. The third kappa shape index (κ3) is 7.09. The van der Waals surface area contributed by atoms with Crippen molar-refractivity contribution < 1.29 is 40.6 Å². The summed E-state index contributed by atoms with van der Waals surface area (Å²) in [7, 11) is 0. The van der Waals surface area contributed by atoms with Gasteiger partial charge in [-0.05, 0) is 0 Å². The zero-order valence-electron chi connectivity index (χ0n) is 10.4. The Bertz CT molecular complexity index is 436. The van der Waals surface area contributed by atoms with Crippen LogP contribution in [0.5, 0.6) is 0 Å². The van der Waals surface area contributed by atoms with Gasteiger partial charge in [-0.25, -0.2) is 0 Å². The highest BCUT2D eigenvalue weighted by Gasteiger charge is 2.35. The van der Waals surface area contributed by atoms with E-state index in [1.54, 1.807) is 0 Å². The minimum absolute atomic E-state index is 0.119. The van der Waals surface area contributed by atoms with Crippen molar-refractivity contribution in [3.05, 3.63) is 35.9 Å². The van der Waals surface area contributed by atoms with E-state index >= 15 is 0 Å². The molecule has 118 valence electrons. The first-order valence-corrected chi connectivity index (χ1v) is 5.54. The van der Waals surface area contributed by atoms with E-state index in [1.165, 1.54) is 30.3 Å². The molecule has 0 saturated carbocycles. The monoisotopic (exact) mass is 316 g/mol. The molecule has 0 bridgehead atoms. The summed E-state index contributed by atoms with van der Waals surface area (Å²) < 4.78 is 80.5. The van der Waals surface area contributed by atoms with Gasteiger partial charge in [0.05, 0.1) is 0 Å². The number of rotatable bonds is 6. The fraction of sp³-hybridized carbons (Fsp3) is 0.417. The summed E-state index contributed by atoms with van der Waals surface area (Å²) in [5, 5.41) is 0. The first-order chi connectivity index (χ1) is 9.58. The molecule has 1 rings (SSSR count). The lowest BCUT2D eigenvalue weighted by atomic mass is 10.1. The van der Waals surface area contributed by atoms with Crippen molar-refractivity contribution in [1.29, 1.82) is 0 Å². The molecule has 1 aromatic carbocycles. The second-order valence-corrected chi connectivity index (χ2v) is 3.91. The van der Waals surface area contributed by atoms with Crippen LogP contribution in [0.15, 0.2) is 30.3 Å². The Kier molecular flexibility index (Phi) is 5.73. The number of hydrogen-bond acceptors (Lipinski definition) is 3. The van der Waals surface area contributed by atoms with Gasteiger partial charge >= 0.3 is 12.4 Å². The van der Waals surface area contributed by atoms with Gasteiger partial charge in [-0.15, -0.1) is 0 Å². The number of benzene rings is 1. The number of Topliss-reactive ketones (excluding diaryl/α,β-unsaturated/α-hetero) is 1. The summed E-state index contributed by atoms with van der Waals surface area (Å²) in [6.07, 6.45) is -11.9. The Labute approximate surface area is 115 Å². The van der Waals surface area contributed by atoms with Gasteiger partial charge in [0.1, 0.15) is 13.2 Å². The Balaban J connectivity index is 2.78. The van der Waals surface area contributed by atoms with E-state index in [2.05, 4.69) is 9.47 Å². The van der Waals surface area contributed by atoms with Crippen LogP contribution < -0.4 is 0 Å². The summed E-state index contributed by atoms with van der Waals surface area (Å²) >= 11 is 0. The van der Waals surface area contributed by atoms with E-state index in [0.717, 1.165) is 0 Å². The van der Waals surface area contributed by atoms with Gasteiger partial charge in [0.25, 0.3) is 0 Å². The first kappa shape index (κ1) is 17.4. The van der Waals surface area contributed by atoms with E-state index in [4.69, 9.17) is 0 Å². The van der Waals surface area contributed by atoms with Crippen LogP contribution in [0.4, 0.5) is 26.3 Å². The van der Waals surface area contributed by atoms with Crippen molar-refractivity contribution in [3.63, 3.8) is 0 Å². The molecule has 0 aliphatic carbocycles. The maximum atomic E-state index is 12.0. The average molecular weight is 316 g/mol. The lowest BCUT2D eigenvalue weighted by Crippen LogP contribution is -2.34. The average Bonchev–Trinajstić information content (AvgIpc) is 2.36. The van der Waals surface area contributed by atoms with Gasteiger partial charge in [-0.3, -0.25) is 4.79 Å². The van der Waals surface area contributed by atoms with Crippen LogP contribution >= 0.6 is 0 Å². The third-order valence-electron chi connectivity index (χ3n) is 2.07. The molecule has 0 aliphatic rings. The van der Waals surface area contributed by atoms with Crippen LogP contribution in [0.2, 0.25) is 0 Å². The third-order valence-corrected chi connectivity index (χ3v) is 2.07. The van der Waals surface area contributed by atoms with Crippen LogP contribution in [0.3, 0.4) is 0 Å². The van der Waals surface area contributed by atoms with Gasteiger partial charge in [0.2, 0.25) is 12.1 Å². The lowest BCUT2D eigenvalue weighted by Gasteiger charge is -2.19. The van der Waals surface area contributed by atoms with Crippen molar-refractivity contribution in [1.82, 2.24) is 0 Å². The van der Waals surface area contributed by atoms with Crippen molar-refractivity contribution in [2.75, 3.05) is 13.2 Å². The molecular formula is C12H10F6O3.